The molecule has 1 aliphatic rings. The van der Waals surface area contributed by atoms with Crippen molar-refractivity contribution in [3.8, 4) is 5.75 Å². The predicted octanol–water partition coefficient (Wildman–Crippen LogP) is 2.22. The predicted molar refractivity (Wildman–Crippen MR) is 72.8 cm³/mol. The van der Waals surface area contributed by atoms with Crippen LogP contribution in [0.15, 0.2) is 29.3 Å². The third-order valence-corrected chi connectivity index (χ3v) is 2.81. The third-order valence-electron chi connectivity index (χ3n) is 2.81. The van der Waals surface area contributed by atoms with Crippen LogP contribution in [0.3, 0.4) is 0 Å². The minimum atomic E-state index is -0.311. The molecule has 1 aliphatic heterocycles. The number of aromatic hydroxyl groups is 1. The second-order valence-corrected chi connectivity index (χ2v) is 3.96. The minimum Gasteiger partial charge on any atom is -0.508 e. The molecule has 0 saturated carbocycles. The van der Waals surface area contributed by atoms with Crippen LogP contribution in [-0.2, 0) is 11.2 Å². The highest BCUT2D eigenvalue weighted by Gasteiger charge is 2.29. The van der Waals surface area contributed by atoms with Gasteiger partial charge in [0.15, 0.2) is 0 Å². The number of nitrogens with zero attached hydrogens (tertiary/aromatic N) is 2. The van der Waals surface area contributed by atoms with E-state index in [1.807, 2.05) is 32.9 Å². The second kappa shape index (κ2) is 6.19. The molecule has 4 nitrogen and oxygen atoms in total. The number of carbonyl (C=O) groups excluding carboxylic acids is 1. The number of amides is 1. The standard InChI is InChI=1S/C12H14N2O2.C2H6/c1-8-13-11(12(16)14(8)2)7-9-3-5-10(15)6-4-9;1-2/h3-6,11,15H,7H2,1-2H3;1-2H3. The summed E-state index contributed by atoms with van der Waals surface area (Å²) in [5, 5.41) is 9.15. The fourth-order valence-electron chi connectivity index (χ4n) is 1.74. The van der Waals surface area contributed by atoms with E-state index in [9.17, 15) is 4.79 Å². The molecule has 1 atom stereocenters. The van der Waals surface area contributed by atoms with Gasteiger partial charge in [0, 0.05) is 13.5 Å². The van der Waals surface area contributed by atoms with E-state index >= 15 is 0 Å². The van der Waals surface area contributed by atoms with Crippen molar-refractivity contribution in [3.63, 3.8) is 0 Å². The summed E-state index contributed by atoms with van der Waals surface area (Å²) < 4.78 is 0. The number of rotatable bonds is 2. The summed E-state index contributed by atoms with van der Waals surface area (Å²) in [5.74, 6) is 1.03. The Morgan fingerprint density at radius 2 is 1.83 bits per heavy atom. The number of phenolic OH excluding ortho intramolecular Hbond substituents is 1. The van der Waals surface area contributed by atoms with E-state index in [1.165, 1.54) is 0 Å². The van der Waals surface area contributed by atoms with Gasteiger partial charge in [-0.2, -0.15) is 0 Å². The van der Waals surface area contributed by atoms with Crippen LogP contribution < -0.4 is 0 Å². The summed E-state index contributed by atoms with van der Waals surface area (Å²) in [4.78, 5) is 17.6. The van der Waals surface area contributed by atoms with Crippen LogP contribution in [0.25, 0.3) is 0 Å². The van der Waals surface area contributed by atoms with Crippen molar-refractivity contribution in [2.75, 3.05) is 7.05 Å². The smallest absolute Gasteiger partial charge is 0.252 e. The van der Waals surface area contributed by atoms with Gasteiger partial charge in [-0.15, -0.1) is 0 Å². The zero-order chi connectivity index (χ0) is 13.7. The van der Waals surface area contributed by atoms with Crippen LogP contribution in [-0.4, -0.2) is 34.8 Å². The lowest BCUT2D eigenvalue weighted by Gasteiger charge is -2.10. The molecule has 0 aliphatic carbocycles. The molecule has 1 aromatic rings. The maximum Gasteiger partial charge on any atom is 0.252 e. The summed E-state index contributed by atoms with van der Waals surface area (Å²) in [6.07, 6.45) is 0.584. The normalized spacial score (nSPS) is 18.2. The van der Waals surface area contributed by atoms with Crippen LogP contribution in [0.4, 0.5) is 0 Å². The molecule has 0 saturated heterocycles. The summed E-state index contributed by atoms with van der Waals surface area (Å²) in [7, 11) is 1.73. The zero-order valence-corrected chi connectivity index (χ0v) is 11.3. The van der Waals surface area contributed by atoms with Gasteiger partial charge in [0.1, 0.15) is 17.6 Å². The lowest BCUT2D eigenvalue weighted by atomic mass is 10.1. The first-order valence-electron chi connectivity index (χ1n) is 6.18. The molecule has 1 aromatic carbocycles. The van der Waals surface area contributed by atoms with Crippen molar-refractivity contribution in [2.45, 2.75) is 33.2 Å². The van der Waals surface area contributed by atoms with E-state index in [-0.39, 0.29) is 17.7 Å². The van der Waals surface area contributed by atoms with Crippen molar-refractivity contribution in [1.82, 2.24) is 4.90 Å². The van der Waals surface area contributed by atoms with Gasteiger partial charge in [0.2, 0.25) is 0 Å². The van der Waals surface area contributed by atoms with E-state index in [4.69, 9.17) is 5.11 Å². The quantitative estimate of drug-likeness (QED) is 0.872. The lowest BCUT2D eigenvalue weighted by molar-refractivity contribution is -0.126. The Hall–Kier alpha value is -1.84. The fourth-order valence-corrected chi connectivity index (χ4v) is 1.74. The molecule has 2 rings (SSSR count). The SMILES string of the molecule is CC.CC1=NC(Cc2ccc(O)cc2)C(=O)N1C. The topological polar surface area (TPSA) is 52.9 Å². The van der Waals surface area contributed by atoms with Gasteiger partial charge in [-0.05, 0) is 24.6 Å². The minimum absolute atomic E-state index is 0.0329. The van der Waals surface area contributed by atoms with Crippen molar-refractivity contribution in [3.05, 3.63) is 29.8 Å². The highest BCUT2D eigenvalue weighted by atomic mass is 16.3. The van der Waals surface area contributed by atoms with Crippen molar-refractivity contribution in [2.24, 2.45) is 4.99 Å². The molecule has 1 N–H and O–H groups in total. The molecular weight excluding hydrogens is 228 g/mol. The number of aliphatic imine (C=N–C) groups is 1. The van der Waals surface area contributed by atoms with E-state index in [1.54, 1.807) is 24.1 Å². The summed E-state index contributed by atoms with van der Waals surface area (Å²) in [5.41, 5.74) is 1.00. The maximum atomic E-state index is 11.7. The van der Waals surface area contributed by atoms with Crippen LogP contribution in [0.1, 0.15) is 26.3 Å². The van der Waals surface area contributed by atoms with Gasteiger partial charge in [-0.1, -0.05) is 26.0 Å². The molecule has 0 radical (unpaired) electrons. The van der Waals surface area contributed by atoms with Crippen LogP contribution in [0.2, 0.25) is 0 Å². The van der Waals surface area contributed by atoms with Crippen molar-refractivity contribution < 1.29 is 9.90 Å². The first kappa shape index (κ1) is 14.2. The fraction of sp³-hybridized carbons (Fsp3) is 0.429. The van der Waals surface area contributed by atoms with Crippen LogP contribution >= 0.6 is 0 Å². The van der Waals surface area contributed by atoms with Crippen LogP contribution in [0.5, 0.6) is 5.75 Å². The van der Waals surface area contributed by atoms with E-state index in [0.717, 1.165) is 11.4 Å². The molecule has 1 heterocycles. The Balaban J connectivity index is 0.000000771. The Morgan fingerprint density at radius 3 is 2.28 bits per heavy atom. The number of amidine groups is 1. The Morgan fingerprint density at radius 1 is 1.28 bits per heavy atom. The molecule has 4 heteroatoms. The van der Waals surface area contributed by atoms with Gasteiger partial charge in [-0.25, -0.2) is 0 Å². The van der Waals surface area contributed by atoms with Crippen LogP contribution in [0, 0.1) is 0 Å². The molecule has 98 valence electrons. The molecular formula is C14H20N2O2. The van der Waals surface area contributed by atoms with Gasteiger partial charge < -0.3 is 10.0 Å². The summed E-state index contributed by atoms with van der Waals surface area (Å²) in [6.45, 7) is 5.83. The van der Waals surface area contributed by atoms with Crippen molar-refractivity contribution in [1.29, 1.82) is 0 Å². The van der Waals surface area contributed by atoms with Gasteiger partial charge in [0.25, 0.3) is 5.91 Å². The number of hydrogen-bond acceptors (Lipinski definition) is 3. The van der Waals surface area contributed by atoms with E-state index in [2.05, 4.69) is 4.99 Å². The number of hydrogen-bond donors (Lipinski definition) is 1. The van der Waals surface area contributed by atoms with E-state index < -0.39 is 0 Å². The monoisotopic (exact) mass is 248 g/mol. The Labute approximate surface area is 108 Å². The molecule has 0 aromatic heterocycles. The lowest BCUT2D eigenvalue weighted by Crippen LogP contribution is -2.31. The average molecular weight is 248 g/mol. The molecule has 1 unspecified atom stereocenters. The molecule has 0 spiro atoms. The Kier molecular flexibility index (Phi) is 4.89. The average Bonchev–Trinajstić information content (AvgIpc) is 2.62. The number of benzene rings is 1. The van der Waals surface area contributed by atoms with E-state index in [0.29, 0.717) is 6.42 Å². The maximum absolute atomic E-state index is 11.7. The highest BCUT2D eigenvalue weighted by Crippen LogP contribution is 2.16. The Bertz CT molecular complexity index is 438. The number of carbonyl (C=O) groups is 1. The molecule has 18 heavy (non-hydrogen) atoms. The first-order chi connectivity index (χ1) is 8.58. The number of likely N-dealkylation sites (N-methyl/N-ethyl adjacent to an activating group) is 1. The molecule has 0 bridgehead atoms. The molecule has 0 fully saturated rings. The van der Waals surface area contributed by atoms with Gasteiger partial charge >= 0.3 is 0 Å². The second-order valence-electron chi connectivity index (χ2n) is 3.96. The van der Waals surface area contributed by atoms with Gasteiger partial charge in [0.05, 0.1) is 0 Å². The summed E-state index contributed by atoms with van der Waals surface area (Å²) in [6, 6.07) is 6.55. The van der Waals surface area contributed by atoms with Gasteiger partial charge in [-0.3, -0.25) is 9.79 Å². The van der Waals surface area contributed by atoms with Crippen molar-refractivity contribution >= 4 is 11.7 Å². The summed E-state index contributed by atoms with van der Waals surface area (Å²) >= 11 is 0. The first-order valence-corrected chi connectivity index (χ1v) is 6.18. The zero-order valence-electron chi connectivity index (χ0n) is 11.3. The largest absolute Gasteiger partial charge is 0.508 e. The number of phenols is 1. The third kappa shape index (κ3) is 3.09. The molecule has 1 amide bonds. The highest BCUT2D eigenvalue weighted by molar-refractivity contribution is 6.04.